The molecule has 0 unspecified atom stereocenters. The van der Waals surface area contributed by atoms with Crippen LogP contribution in [0.4, 0.5) is 0 Å². The summed E-state index contributed by atoms with van der Waals surface area (Å²) in [5.41, 5.74) is 1.06. The van der Waals surface area contributed by atoms with Crippen LogP contribution in [0.1, 0.15) is 10.4 Å². The Balaban J connectivity index is 2.18. The number of aryl methyl sites for hydroxylation is 1. The van der Waals surface area contributed by atoms with Gasteiger partial charge in [-0.1, -0.05) is 23.2 Å². The van der Waals surface area contributed by atoms with Crippen LogP contribution < -0.4 is 4.72 Å². The summed E-state index contributed by atoms with van der Waals surface area (Å²) in [6, 6.07) is 3.22. The van der Waals surface area contributed by atoms with Gasteiger partial charge in [0.1, 0.15) is 10.0 Å². The molecular formula is C11H10Cl2N2O2S2. The second-order valence-electron chi connectivity index (χ2n) is 3.79. The summed E-state index contributed by atoms with van der Waals surface area (Å²) in [6.45, 7) is 2.17. The van der Waals surface area contributed by atoms with Gasteiger partial charge in [0.15, 0.2) is 0 Å². The van der Waals surface area contributed by atoms with E-state index < -0.39 is 10.0 Å². The first kappa shape index (κ1) is 14.7. The van der Waals surface area contributed by atoms with Crippen LogP contribution in [0, 0.1) is 6.92 Å². The minimum absolute atomic E-state index is 0.00360. The molecule has 2 rings (SSSR count). The summed E-state index contributed by atoms with van der Waals surface area (Å²) in [7, 11) is -3.64. The molecule has 0 fully saturated rings. The number of hydrogen-bond donors (Lipinski definition) is 1. The topological polar surface area (TPSA) is 59.1 Å². The SMILES string of the molecule is Cc1ccsc1CNS(=O)(=O)c1cnc(Cl)c(Cl)c1. The molecule has 102 valence electrons. The number of rotatable bonds is 4. The Morgan fingerprint density at radius 1 is 1.42 bits per heavy atom. The summed E-state index contributed by atoms with van der Waals surface area (Å²) >= 11 is 12.9. The molecule has 0 aliphatic rings. The molecule has 0 aliphatic heterocycles. The highest BCUT2D eigenvalue weighted by atomic mass is 35.5. The van der Waals surface area contributed by atoms with Crippen LogP contribution in [0.15, 0.2) is 28.6 Å². The van der Waals surface area contributed by atoms with Gasteiger partial charge in [-0.25, -0.2) is 18.1 Å². The number of sulfonamides is 1. The zero-order valence-corrected chi connectivity index (χ0v) is 13.0. The molecule has 0 saturated carbocycles. The Bertz CT molecular complexity index is 698. The number of thiophene rings is 1. The highest BCUT2D eigenvalue weighted by Crippen LogP contribution is 2.22. The largest absolute Gasteiger partial charge is 0.242 e. The summed E-state index contributed by atoms with van der Waals surface area (Å²) in [6.07, 6.45) is 1.18. The van der Waals surface area contributed by atoms with Crippen molar-refractivity contribution in [2.75, 3.05) is 0 Å². The maximum atomic E-state index is 12.1. The first-order valence-electron chi connectivity index (χ1n) is 5.24. The Morgan fingerprint density at radius 2 is 2.16 bits per heavy atom. The van der Waals surface area contributed by atoms with Gasteiger partial charge < -0.3 is 0 Å². The van der Waals surface area contributed by atoms with Gasteiger partial charge >= 0.3 is 0 Å². The lowest BCUT2D eigenvalue weighted by Gasteiger charge is -2.06. The standard InChI is InChI=1S/C11H10Cl2N2O2S2/c1-7-2-3-18-10(7)6-15-19(16,17)8-4-9(12)11(13)14-5-8/h2-5,15H,6H2,1H3. The van der Waals surface area contributed by atoms with Gasteiger partial charge in [0.2, 0.25) is 10.0 Å². The van der Waals surface area contributed by atoms with Crippen LogP contribution in [0.3, 0.4) is 0 Å². The molecule has 0 spiro atoms. The van der Waals surface area contributed by atoms with Gasteiger partial charge in [-0.3, -0.25) is 0 Å². The molecule has 0 aliphatic carbocycles. The third-order valence-corrected chi connectivity index (χ3v) is 5.55. The van der Waals surface area contributed by atoms with Crippen molar-refractivity contribution < 1.29 is 8.42 Å². The lowest BCUT2D eigenvalue weighted by molar-refractivity contribution is 0.581. The average molecular weight is 337 g/mol. The number of pyridine rings is 1. The molecule has 1 N–H and O–H groups in total. The van der Waals surface area contributed by atoms with E-state index in [1.165, 1.54) is 23.6 Å². The van der Waals surface area contributed by atoms with Crippen LogP contribution >= 0.6 is 34.5 Å². The fourth-order valence-electron chi connectivity index (χ4n) is 1.38. The van der Waals surface area contributed by atoms with Crippen molar-refractivity contribution in [2.45, 2.75) is 18.4 Å². The van der Waals surface area contributed by atoms with E-state index in [4.69, 9.17) is 23.2 Å². The molecule has 0 atom stereocenters. The number of nitrogens with zero attached hydrogens (tertiary/aromatic N) is 1. The monoisotopic (exact) mass is 336 g/mol. The van der Waals surface area contributed by atoms with E-state index in [2.05, 4.69) is 9.71 Å². The van der Waals surface area contributed by atoms with Crippen molar-refractivity contribution in [3.8, 4) is 0 Å². The van der Waals surface area contributed by atoms with Gasteiger partial charge in [0.25, 0.3) is 0 Å². The highest BCUT2D eigenvalue weighted by molar-refractivity contribution is 7.89. The minimum Gasteiger partial charge on any atom is -0.242 e. The van der Waals surface area contributed by atoms with Gasteiger partial charge in [-0.15, -0.1) is 11.3 Å². The van der Waals surface area contributed by atoms with Gasteiger partial charge in [0, 0.05) is 17.6 Å². The first-order chi connectivity index (χ1) is 8.90. The van der Waals surface area contributed by atoms with Crippen LogP contribution in [0.2, 0.25) is 10.2 Å². The molecule has 0 radical (unpaired) electrons. The predicted octanol–water partition coefficient (Wildman–Crippen LogP) is 3.24. The Morgan fingerprint density at radius 3 is 2.74 bits per heavy atom. The zero-order valence-electron chi connectivity index (χ0n) is 9.85. The zero-order chi connectivity index (χ0) is 14.0. The van der Waals surface area contributed by atoms with Crippen molar-refractivity contribution >= 4 is 44.6 Å². The molecule has 0 bridgehead atoms. The van der Waals surface area contributed by atoms with Crippen LogP contribution in [0.25, 0.3) is 0 Å². The maximum Gasteiger partial charge on any atom is 0.242 e. The Hall–Kier alpha value is -0.660. The van der Waals surface area contributed by atoms with E-state index in [0.717, 1.165) is 10.4 Å². The normalized spacial score (nSPS) is 11.7. The van der Waals surface area contributed by atoms with E-state index in [1.807, 2.05) is 18.4 Å². The molecule has 4 nitrogen and oxygen atoms in total. The van der Waals surface area contributed by atoms with E-state index in [9.17, 15) is 8.42 Å². The minimum atomic E-state index is -3.64. The first-order valence-corrected chi connectivity index (χ1v) is 8.36. The molecular weight excluding hydrogens is 327 g/mol. The second-order valence-corrected chi connectivity index (χ2v) is 7.33. The molecule has 2 heterocycles. The summed E-state index contributed by atoms with van der Waals surface area (Å²) in [5, 5.41) is 2.10. The lowest BCUT2D eigenvalue weighted by atomic mass is 10.3. The number of nitrogens with one attached hydrogen (secondary N) is 1. The Kier molecular flexibility index (Phi) is 4.47. The van der Waals surface area contributed by atoms with Gasteiger partial charge in [-0.2, -0.15) is 0 Å². The molecule has 2 aromatic heterocycles. The van der Waals surface area contributed by atoms with Gasteiger partial charge in [0.05, 0.1) is 5.02 Å². The molecule has 8 heteroatoms. The lowest BCUT2D eigenvalue weighted by Crippen LogP contribution is -2.23. The van der Waals surface area contributed by atoms with E-state index in [-0.39, 0.29) is 21.6 Å². The van der Waals surface area contributed by atoms with E-state index in [0.29, 0.717) is 0 Å². The van der Waals surface area contributed by atoms with Crippen molar-refractivity contribution in [2.24, 2.45) is 0 Å². The van der Waals surface area contributed by atoms with Crippen LogP contribution in [-0.2, 0) is 16.6 Å². The van der Waals surface area contributed by atoms with Crippen LogP contribution in [0.5, 0.6) is 0 Å². The van der Waals surface area contributed by atoms with Crippen LogP contribution in [-0.4, -0.2) is 13.4 Å². The molecule has 0 saturated heterocycles. The van der Waals surface area contributed by atoms with Crippen molar-refractivity contribution in [3.63, 3.8) is 0 Å². The number of halogens is 2. The van der Waals surface area contributed by atoms with Gasteiger partial charge in [-0.05, 0) is 30.0 Å². The summed E-state index contributed by atoms with van der Waals surface area (Å²) in [4.78, 5) is 4.69. The number of aromatic nitrogens is 1. The predicted molar refractivity (Wildman–Crippen MR) is 77.3 cm³/mol. The molecule has 2 aromatic rings. The smallest absolute Gasteiger partial charge is 0.242 e. The summed E-state index contributed by atoms with van der Waals surface area (Å²) in [5.74, 6) is 0. The fraction of sp³-hybridized carbons (Fsp3) is 0.182. The highest BCUT2D eigenvalue weighted by Gasteiger charge is 2.16. The van der Waals surface area contributed by atoms with E-state index in [1.54, 1.807) is 0 Å². The molecule has 0 aromatic carbocycles. The average Bonchev–Trinajstić information content (AvgIpc) is 2.76. The maximum absolute atomic E-state index is 12.1. The molecule has 19 heavy (non-hydrogen) atoms. The van der Waals surface area contributed by atoms with Crippen molar-refractivity contribution in [1.29, 1.82) is 0 Å². The third kappa shape index (κ3) is 3.46. The second kappa shape index (κ2) is 5.76. The van der Waals surface area contributed by atoms with Crippen molar-refractivity contribution in [1.82, 2.24) is 9.71 Å². The molecule has 0 amide bonds. The third-order valence-electron chi connectivity index (χ3n) is 2.47. The fourth-order valence-corrected chi connectivity index (χ4v) is 3.62. The number of hydrogen-bond acceptors (Lipinski definition) is 4. The van der Waals surface area contributed by atoms with E-state index >= 15 is 0 Å². The van der Waals surface area contributed by atoms with Crippen molar-refractivity contribution in [3.05, 3.63) is 44.3 Å². The quantitative estimate of drug-likeness (QED) is 0.872. The summed E-state index contributed by atoms with van der Waals surface area (Å²) < 4.78 is 26.6. The Labute approximate surface area is 125 Å².